The van der Waals surface area contributed by atoms with E-state index in [2.05, 4.69) is 0 Å². The summed E-state index contributed by atoms with van der Waals surface area (Å²) in [5.41, 5.74) is 0. The fraction of sp³-hybridized carbons (Fsp3) is 1.00. The van der Waals surface area contributed by atoms with Crippen molar-refractivity contribution in [2.45, 2.75) is 45.1 Å². The van der Waals surface area contributed by atoms with Gasteiger partial charge in [0.15, 0.2) is 0 Å². The fourth-order valence-corrected chi connectivity index (χ4v) is 4.94. The van der Waals surface area contributed by atoms with Crippen molar-refractivity contribution in [1.82, 2.24) is 8.61 Å². The Morgan fingerprint density at radius 2 is 2.00 bits per heavy atom. The van der Waals surface area contributed by atoms with E-state index in [1.54, 1.807) is 8.61 Å². The Morgan fingerprint density at radius 1 is 1.22 bits per heavy atom. The van der Waals surface area contributed by atoms with Crippen LogP contribution in [0.15, 0.2) is 0 Å². The highest BCUT2D eigenvalue weighted by Gasteiger charge is 2.38. The number of aliphatic hydroxyl groups is 1. The van der Waals surface area contributed by atoms with Crippen LogP contribution in [0.3, 0.4) is 0 Å². The molecule has 2 saturated heterocycles. The first-order valence-electron chi connectivity index (χ1n) is 6.93. The van der Waals surface area contributed by atoms with Crippen LogP contribution in [0.25, 0.3) is 0 Å². The molecule has 0 aromatic rings. The van der Waals surface area contributed by atoms with E-state index in [0.717, 1.165) is 25.7 Å². The summed E-state index contributed by atoms with van der Waals surface area (Å²) in [7, 11) is -3.28. The van der Waals surface area contributed by atoms with Gasteiger partial charge in [0.25, 0.3) is 10.2 Å². The molecular weight excluding hydrogens is 252 g/mol. The minimum Gasteiger partial charge on any atom is -0.396 e. The third kappa shape index (κ3) is 2.87. The smallest absolute Gasteiger partial charge is 0.282 e. The zero-order chi connectivity index (χ0) is 13.2. The van der Waals surface area contributed by atoms with Crippen molar-refractivity contribution >= 4 is 10.2 Å². The minimum atomic E-state index is -3.28. The number of piperidine rings is 1. The molecular formula is C12H24N2O3S. The summed E-state index contributed by atoms with van der Waals surface area (Å²) < 4.78 is 28.3. The van der Waals surface area contributed by atoms with E-state index in [-0.39, 0.29) is 12.6 Å². The normalized spacial score (nSPS) is 31.9. The van der Waals surface area contributed by atoms with Gasteiger partial charge in [0.2, 0.25) is 0 Å². The summed E-state index contributed by atoms with van der Waals surface area (Å²) in [6, 6.07) is 0.126. The van der Waals surface area contributed by atoms with E-state index in [1.165, 1.54) is 0 Å². The summed E-state index contributed by atoms with van der Waals surface area (Å²) in [4.78, 5) is 0. The highest BCUT2D eigenvalue weighted by atomic mass is 32.2. The quantitative estimate of drug-likeness (QED) is 0.826. The Kier molecular flexibility index (Phi) is 4.64. The van der Waals surface area contributed by atoms with Gasteiger partial charge < -0.3 is 5.11 Å². The zero-order valence-corrected chi connectivity index (χ0v) is 11.9. The molecule has 0 spiro atoms. The SMILES string of the molecule is CC1CCCCN1S(=O)(=O)N1CCC(CCO)C1. The number of rotatable bonds is 4. The molecule has 0 saturated carbocycles. The molecule has 2 aliphatic rings. The van der Waals surface area contributed by atoms with Gasteiger partial charge >= 0.3 is 0 Å². The number of hydrogen-bond acceptors (Lipinski definition) is 3. The molecule has 6 heteroatoms. The topological polar surface area (TPSA) is 60.9 Å². The predicted molar refractivity (Wildman–Crippen MR) is 70.3 cm³/mol. The second kappa shape index (κ2) is 5.86. The van der Waals surface area contributed by atoms with Gasteiger partial charge in [-0.2, -0.15) is 17.0 Å². The van der Waals surface area contributed by atoms with Crippen LogP contribution < -0.4 is 0 Å². The van der Waals surface area contributed by atoms with Crippen LogP contribution in [0.2, 0.25) is 0 Å². The predicted octanol–water partition coefficient (Wildman–Crippen LogP) is 0.810. The lowest BCUT2D eigenvalue weighted by molar-refractivity contribution is 0.243. The van der Waals surface area contributed by atoms with E-state index < -0.39 is 10.2 Å². The van der Waals surface area contributed by atoms with Crippen LogP contribution in [0, 0.1) is 5.92 Å². The number of aliphatic hydroxyl groups excluding tert-OH is 1. The molecule has 0 amide bonds. The van der Waals surface area contributed by atoms with Crippen molar-refractivity contribution in [3.05, 3.63) is 0 Å². The number of nitrogens with zero attached hydrogens (tertiary/aromatic N) is 2. The largest absolute Gasteiger partial charge is 0.396 e. The first-order chi connectivity index (χ1) is 8.55. The molecule has 0 radical (unpaired) electrons. The summed E-state index contributed by atoms with van der Waals surface area (Å²) in [6.45, 7) is 3.99. The molecule has 2 rings (SSSR count). The summed E-state index contributed by atoms with van der Waals surface area (Å²) in [5, 5.41) is 8.93. The molecule has 2 aliphatic heterocycles. The van der Waals surface area contributed by atoms with Gasteiger partial charge in [-0.15, -0.1) is 0 Å². The standard InChI is InChI=1S/C12H24N2O3S/c1-11-4-2-3-7-14(11)18(16,17)13-8-5-12(10-13)6-9-15/h11-12,15H,2-10H2,1H3. The summed E-state index contributed by atoms with van der Waals surface area (Å²) in [6.07, 6.45) is 4.65. The average molecular weight is 276 g/mol. The van der Waals surface area contributed by atoms with Gasteiger partial charge in [-0.1, -0.05) is 6.42 Å². The monoisotopic (exact) mass is 276 g/mol. The van der Waals surface area contributed by atoms with Crippen LogP contribution in [0.4, 0.5) is 0 Å². The second-order valence-electron chi connectivity index (χ2n) is 5.49. The molecule has 106 valence electrons. The molecule has 18 heavy (non-hydrogen) atoms. The van der Waals surface area contributed by atoms with Gasteiger partial charge in [-0.3, -0.25) is 0 Å². The van der Waals surface area contributed by atoms with E-state index in [0.29, 0.717) is 32.0 Å². The second-order valence-corrected chi connectivity index (χ2v) is 7.37. The molecule has 2 atom stereocenters. The van der Waals surface area contributed by atoms with Crippen molar-refractivity contribution in [2.75, 3.05) is 26.2 Å². The van der Waals surface area contributed by atoms with Crippen molar-refractivity contribution in [3.63, 3.8) is 0 Å². The third-order valence-corrected chi connectivity index (χ3v) is 6.27. The van der Waals surface area contributed by atoms with E-state index in [4.69, 9.17) is 5.11 Å². The first kappa shape index (κ1) is 14.2. The van der Waals surface area contributed by atoms with Gasteiger partial charge in [-0.05, 0) is 38.5 Å². The van der Waals surface area contributed by atoms with Gasteiger partial charge in [0.05, 0.1) is 0 Å². The first-order valence-corrected chi connectivity index (χ1v) is 8.33. The molecule has 2 heterocycles. The van der Waals surface area contributed by atoms with Crippen LogP contribution in [-0.4, -0.2) is 54.4 Å². The van der Waals surface area contributed by atoms with E-state index in [9.17, 15) is 8.42 Å². The van der Waals surface area contributed by atoms with E-state index >= 15 is 0 Å². The zero-order valence-electron chi connectivity index (χ0n) is 11.1. The number of hydrogen-bond donors (Lipinski definition) is 1. The maximum absolute atomic E-state index is 12.5. The molecule has 2 fully saturated rings. The van der Waals surface area contributed by atoms with Crippen molar-refractivity contribution < 1.29 is 13.5 Å². The maximum Gasteiger partial charge on any atom is 0.282 e. The molecule has 5 nitrogen and oxygen atoms in total. The Bertz CT molecular complexity index is 372. The van der Waals surface area contributed by atoms with Gasteiger partial charge in [0.1, 0.15) is 0 Å². The van der Waals surface area contributed by atoms with Gasteiger partial charge in [0, 0.05) is 32.3 Å². The highest BCUT2D eigenvalue weighted by Crippen LogP contribution is 2.27. The van der Waals surface area contributed by atoms with Gasteiger partial charge in [-0.25, -0.2) is 0 Å². The Morgan fingerprint density at radius 3 is 2.67 bits per heavy atom. The molecule has 0 bridgehead atoms. The van der Waals surface area contributed by atoms with Crippen molar-refractivity contribution in [1.29, 1.82) is 0 Å². The third-order valence-electron chi connectivity index (χ3n) is 4.15. The average Bonchev–Trinajstić information content (AvgIpc) is 2.79. The Labute approximate surface area is 110 Å². The van der Waals surface area contributed by atoms with Crippen molar-refractivity contribution in [3.8, 4) is 0 Å². The van der Waals surface area contributed by atoms with Crippen LogP contribution in [-0.2, 0) is 10.2 Å². The molecule has 0 aromatic heterocycles. The van der Waals surface area contributed by atoms with Crippen molar-refractivity contribution in [2.24, 2.45) is 5.92 Å². The fourth-order valence-electron chi connectivity index (χ4n) is 2.99. The van der Waals surface area contributed by atoms with Crippen LogP contribution in [0.1, 0.15) is 39.0 Å². The highest BCUT2D eigenvalue weighted by molar-refractivity contribution is 7.86. The molecule has 1 N–H and O–H groups in total. The summed E-state index contributed by atoms with van der Waals surface area (Å²) in [5.74, 6) is 0.324. The Hall–Kier alpha value is -0.170. The molecule has 2 unspecified atom stereocenters. The molecule has 0 aromatic carbocycles. The van der Waals surface area contributed by atoms with Crippen LogP contribution in [0.5, 0.6) is 0 Å². The minimum absolute atomic E-state index is 0.126. The lowest BCUT2D eigenvalue weighted by atomic mass is 10.1. The van der Waals surface area contributed by atoms with E-state index in [1.807, 2.05) is 6.92 Å². The summed E-state index contributed by atoms with van der Waals surface area (Å²) >= 11 is 0. The maximum atomic E-state index is 12.5. The molecule has 0 aliphatic carbocycles. The lowest BCUT2D eigenvalue weighted by Crippen LogP contribution is -2.49. The Balaban J connectivity index is 2.02. The van der Waals surface area contributed by atoms with Crippen LogP contribution >= 0.6 is 0 Å². The lowest BCUT2D eigenvalue weighted by Gasteiger charge is -2.35.